The number of halogens is 1. The Morgan fingerprint density at radius 1 is 1.26 bits per heavy atom. The van der Waals surface area contributed by atoms with Gasteiger partial charge >= 0.3 is 5.97 Å². The minimum Gasteiger partial charge on any atom is -0.489 e. The summed E-state index contributed by atoms with van der Waals surface area (Å²) in [6.45, 7) is 0.409. The molecule has 1 aromatic rings. The number of hydrogen-bond donors (Lipinski definition) is 2. The average molecular weight is 269 g/mol. The molecule has 0 saturated carbocycles. The van der Waals surface area contributed by atoms with Gasteiger partial charge in [-0.05, 0) is 18.6 Å². The summed E-state index contributed by atoms with van der Waals surface area (Å²) in [5.74, 6) is -1.47. The van der Waals surface area contributed by atoms with E-state index in [2.05, 4.69) is 5.32 Å². The first-order valence-electron chi connectivity index (χ1n) is 5.95. The van der Waals surface area contributed by atoms with Gasteiger partial charge in [-0.1, -0.05) is 12.1 Å². The number of benzene rings is 1. The number of carbonyl (C=O) groups excluding carboxylic acids is 1. The molecular weight excluding hydrogens is 253 g/mol. The summed E-state index contributed by atoms with van der Waals surface area (Å²) in [6, 6.07) is 6.01. The Hall–Kier alpha value is -2.11. The Bertz CT molecular complexity index is 436. The van der Waals surface area contributed by atoms with E-state index in [1.165, 1.54) is 12.1 Å². The maximum Gasteiger partial charge on any atom is 0.303 e. The summed E-state index contributed by atoms with van der Waals surface area (Å²) < 4.78 is 18.3. The highest BCUT2D eigenvalue weighted by atomic mass is 19.1. The third-order valence-corrected chi connectivity index (χ3v) is 2.31. The summed E-state index contributed by atoms with van der Waals surface area (Å²) in [5, 5.41) is 11.0. The van der Waals surface area contributed by atoms with Crippen molar-refractivity contribution in [2.45, 2.75) is 19.3 Å². The molecule has 0 aliphatic heterocycles. The summed E-state index contributed by atoms with van der Waals surface area (Å²) in [4.78, 5) is 21.5. The van der Waals surface area contributed by atoms with Gasteiger partial charge in [-0.15, -0.1) is 0 Å². The lowest BCUT2D eigenvalue weighted by molar-refractivity contribution is -0.137. The molecule has 0 spiro atoms. The highest BCUT2D eigenvalue weighted by Crippen LogP contribution is 2.14. The lowest BCUT2D eigenvalue weighted by Gasteiger charge is -2.08. The van der Waals surface area contributed by atoms with Crippen LogP contribution in [0.2, 0.25) is 0 Å². The maximum absolute atomic E-state index is 13.1. The van der Waals surface area contributed by atoms with Gasteiger partial charge in [0, 0.05) is 12.8 Å². The van der Waals surface area contributed by atoms with Crippen LogP contribution < -0.4 is 10.1 Å². The van der Waals surface area contributed by atoms with Gasteiger partial charge in [-0.2, -0.15) is 0 Å². The highest BCUT2D eigenvalue weighted by Gasteiger charge is 2.04. The second kappa shape index (κ2) is 8.07. The summed E-state index contributed by atoms with van der Waals surface area (Å²) in [7, 11) is 0. The summed E-state index contributed by atoms with van der Waals surface area (Å²) >= 11 is 0. The Labute approximate surface area is 110 Å². The molecule has 0 bridgehead atoms. The topological polar surface area (TPSA) is 75.6 Å². The number of nitrogens with one attached hydrogen (secondary N) is 1. The molecule has 0 atom stereocenters. The molecule has 6 heteroatoms. The van der Waals surface area contributed by atoms with Crippen molar-refractivity contribution in [3.8, 4) is 5.75 Å². The van der Waals surface area contributed by atoms with E-state index < -0.39 is 11.8 Å². The van der Waals surface area contributed by atoms with Crippen LogP contribution in [0.15, 0.2) is 24.3 Å². The van der Waals surface area contributed by atoms with E-state index >= 15 is 0 Å². The average Bonchev–Trinajstić information content (AvgIpc) is 2.36. The first kappa shape index (κ1) is 14.9. The van der Waals surface area contributed by atoms with Crippen LogP contribution in [0.5, 0.6) is 5.75 Å². The van der Waals surface area contributed by atoms with E-state index in [0.717, 1.165) is 0 Å². The fourth-order valence-electron chi connectivity index (χ4n) is 1.40. The van der Waals surface area contributed by atoms with Crippen LogP contribution in [0, 0.1) is 5.82 Å². The van der Waals surface area contributed by atoms with Crippen LogP contribution in [-0.4, -0.2) is 30.1 Å². The third kappa shape index (κ3) is 6.40. The molecule has 0 aliphatic carbocycles. The normalized spacial score (nSPS) is 9.95. The standard InChI is InChI=1S/C13H16FNO4/c14-10-4-1-2-5-11(10)19-9-8-15-12(16)6-3-7-13(17)18/h1-2,4-5H,3,6-9H2,(H,15,16)(H,17,18). The number of ether oxygens (including phenoxy) is 1. The number of carboxylic acid groups (broad SMARTS) is 1. The van der Waals surface area contributed by atoms with Gasteiger partial charge in [0.1, 0.15) is 6.61 Å². The zero-order chi connectivity index (χ0) is 14.1. The van der Waals surface area contributed by atoms with Gasteiger partial charge < -0.3 is 15.2 Å². The number of amides is 1. The van der Waals surface area contributed by atoms with Crippen molar-refractivity contribution in [3.63, 3.8) is 0 Å². The van der Waals surface area contributed by atoms with Gasteiger partial charge in [0.25, 0.3) is 0 Å². The maximum atomic E-state index is 13.1. The fourth-order valence-corrected chi connectivity index (χ4v) is 1.40. The number of para-hydroxylation sites is 1. The van der Waals surface area contributed by atoms with Gasteiger partial charge in [0.05, 0.1) is 6.54 Å². The second-order valence-corrected chi connectivity index (χ2v) is 3.88. The van der Waals surface area contributed by atoms with Crippen molar-refractivity contribution in [3.05, 3.63) is 30.1 Å². The predicted octanol–water partition coefficient (Wildman–Crippen LogP) is 1.58. The first-order valence-corrected chi connectivity index (χ1v) is 5.95. The summed E-state index contributed by atoms with van der Waals surface area (Å²) in [6.07, 6.45) is 0.431. The van der Waals surface area contributed by atoms with E-state index in [9.17, 15) is 14.0 Å². The van der Waals surface area contributed by atoms with Crippen LogP contribution in [0.3, 0.4) is 0 Å². The molecule has 1 aromatic carbocycles. The number of hydrogen-bond acceptors (Lipinski definition) is 3. The first-order chi connectivity index (χ1) is 9.09. The lowest BCUT2D eigenvalue weighted by Crippen LogP contribution is -2.28. The van der Waals surface area contributed by atoms with Crippen molar-refractivity contribution in [1.29, 1.82) is 0 Å². The molecule has 104 valence electrons. The lowest BCUT2D eigenvalue weighted by atomic mass is 10.2. The van der Waals surface area contributed by atoms with E-state index in [0.29, 0.717) is 6.42 Å². The minimum absolute atomic E-state index is 0.0286. The van der Waals surface area contributed by atoms with Crippen molar-refractivity contribution >= 4 is 11.9 Å². The molecule has 0 heterocycles. The quantitative estimate of drug-likeness (QED) is 0.702. The van der Waals surface area contributed by atoms with E-state index in [-0.39, 0.29) is 37.6 Å². The predicted molar refractivity (Wildman–Crippen MR) is 66.4 cm³/mol. The highest BCUT2D eigenvalue weighted by molar-refractivity contribution is 5.76. The fraction of sp³-hybridized carbons (Fsp3) is 0.385. The SMILES string of the molecule is O=C(O)CCCC(=O)NCCOc1ccccc1F. The zero-order valence-electron chi connectivity index (χ0n) is 10.4. The van der Waals surface area contributed by atoms with E-state index in [1.807, 2.05) is 0 Å². The van der Waals surface area contributed by atoms with Crippen LogP contribution >= 0.6 is 0 Å². The number of carboxylic acids is 1. The van der Waals surface area contributed by atoms with Gasteiger partial charge in [-0.3, -0.25) is 9.59 Å². The molecule has 2 N–H and O–H groups in total. The minimum atomic E-state index is -0.921. The summed E-state index contributed by atoms with van der Waals surface area (Å²) in [5.41, 5.74) is 0. The Morgan fingerprint density at radius 2 is 2.00 bits per heavy atom. The Morgan fingerprint density at radius 3 is 2.68 bits per heavy atom. The second-order valence-electron chi connectivity index (χ2n) is 3.88. The third-order valence-electron chi connectivity index (χ3n) is 2.31. The number of carbonyl (C=O) groups is 2. The molecule has 0 unspecified atom stereocenters. The van der Waals surface area contributed by atoms with Crippen molar-refractivity contribution in [1.82, 2.24) is 5.32 Å². The molecule has 0 aromatic heterocycles. The van der Waals surface area contributed by atoms with Crippen LogP contribution in [0.1, 0.15) is 19.3 Å². The van der Waals surface area contributed by atoms with E-state index in [4.69, 9.17) is 9.84 Å². The molecule has 1 amide bonds. The molecule has 1 rings (SSSR count). The largest absolute Gasteiger partial charge is 0.489 e. The van der Waals surface area contributed by atoms with Gasteiger partial charge in [0.15, 0.2) is 11.6 Å². The molecule has 19 heavy (non-hydrogen) atoms. The Kier molecular flexibility index (Phi) is 6.35. The van der Waals surface area contributed by atoms with Gasteiger partial charge in [-0.25, -0.2) is 4.39 Å². The zero-order valence-corrected chi connectivity index (χ0v) is 10.4. The smallest absolute Gasteiger partial charge is 0.303 e. The molecule has 0 saturated heterocycles. The molecule has 0 fully saturated rings. The molecule has 0 aliphatic rings. The van der Waals surface area contributed by atoms with Crippen LogP contribution in [0.4, 0.5) is 4.39 Å². The Balaban J connectivity index is 2.12. The number of rotatable bonds is 8. The number of aliphatic carboxylic acids is 1. The monoisotopic (exact) mass is 269 g/mol. The van der Waals surface area contributed by atoms with Crippen LogP contribution in [0.25, 0.3) is 0 Å². The molecule has 5 nitrogen and oxygen atoms in total. The molecular formula is C13H16FNO4. The van der Waals surface area contributed by atoms with Crippen molar-refractivity contribution in [2.24, 2.45) is 0 Å². The van der Waals surface area contributed by atoms with Crippen molar-refractivity contribution < 1.29 is 23.8 Å². The van der Waals surface area contributed by atoms with Crippen molar-refractivity contribution in [2.75, 3.05) is 13.2 Å². The van der Waals surface area contributed by atoms with Gasteiger partial charge in [0.2, 0.25) is 5.91 Å². The van der Waals surface area contributed by atoms with Crippen LogP contribution in [-0.2, 0) is 9.59 Å². The van der Waals surface area contributed by atoms with E-state index in [1.54, 1.807) is 12.1 Å². The molecule has 0 radical (unpaired) electrons.